The maximum atomic E-state index is 13.1. The summed E-state index contributed by atoms with van der Waals surface area (Å²) in [5.74, 6) is 2.08. The minimum atomic E-state index is -0.329. The molecule has 1 fully saturated rings. The summed E-state index contributed by atoms with van der Waals surface area (Å²) in [5.41, 5.74) is 2.46. The van der Waals surface area contributed by atoms with Crippen molar-refractivity contribution in [3.8, 4) is 17.2 Å². The second-order valence-electron chi connectivity index (χ2n) is 7.92. The van der Waals surface area contributed by atoms with Gasteiger partial charge in [-0.15, -0.1) is 0 Å². The SMILES string of the molecule is COc1ccc(C(NC(=O)c2ccc(OCC3CCCO3)cc2)c2ccc(OC)cc2)cc1. The Morgan fingerprint density at radius 2 is 1.42 bits per heavy atom. The first-order valence-corrected chi connectivity index (χ1v) is 11.1. The molecule has 1 aliphatic rings. The summed E-state index contributed by atoms with van der Waals surface area (Å²) >= 11 is 0. The Balaban J connectivity index is 1.48. The maximum Gasteiger partial charge on any atom is 0.252 e. The Bertz CT molecular complexity index is 978. The standard InChI is InChI=1S/C27H29NO5/c1-30-22-11-5-19(6-12-22)26(20-7-13-23(31-2)14-8-20)28-27(29)21-9-15-24(16-10-21)33-18-25-4-3-17-32-25/h5-16,25-26H,3-4,17-18H2,1-2H3,(H,28,29). The average molecular weight is 448 g/mol. The number of ether oxygens (including phenoxy) is 4. The van der Waals surface area contributed by atoms with Gasteiger partial charge in [-0.25, -0.2) is 0 Å². The average Bonchev–Trinajstić information content (AvgIpc) is 3.40. The molecule has 0 aromatic heterocycles. The van der Waals surface area contributed by atoms with Crippen LogP contribution < -0.4 is 19.5 Å². The molecule has 0 spiro atoms. The van der Waals surface area contributed by atoms with Crippen LogP contribution in [0.25, 0.3) is 0 Å². The number of benzene rings is 3. The third-order valence-corrected chi connectivity index (χ3v) is 5.75. The number of nitrogens with one attached hydrogen (secondary N) is 1. The molecule has 1 amide bonds. The molecule has 0 radical (unpaired) electrons. The van der Waals surface area contributed by atoms with E-state index in [1.54, 1.807) is 26.4 Å². The number of hydrogen-bond donors (Lipinski definition) is 1. The molecular formula is C27H29NO5. The molecule has 0 bridgehead atoms. The molecule has 6 nitrogen and oxygen atoms in total. The number of methoxy groups -OCH3 is 2. The summed E-state index contributed by atoms with van der Waals surface area (Å²) in [5, 5.41) is 3.16. The second-order valence-corrected chi connectivity index (χ2v) is 7.92. The van der Waals surface area contributed by atoms with Crippen molar-refractivity contribution < 1.29 is 23.7 Å². The molecule has 6 heteroatoms. The fourth-order valence-electron chi connectivity index (χ4n) is 3.83. The van der Waals surface area contributed by atoms with Crippen molar-refractivity contribution in [2.45, 2.75) is 25.0 Å². The summed E-state index contributed by atoms with van der Waals surface area (Å²) in [6, 6.07) is 22.2. The van der Waals surface area contributed by atoms with Crippen molar-refractivity contribution in [2.24, 2.45) is 0 Å². The predicted octanol–water partition coefficient (Wildman–Crippen LogP) is 4.78. The Kier molecular flexibility index (Phi) is 7.47. The highest BCUT2D eigenvalue weighted by molar-refractivity contribution is 5.94. The molecule has 3 aromatic rings. The van der Waals surface area contributed by atoms with E-state index in [-0.39, 0.29) is 18.1 Å². The summed E-state index contributed by atoms with van der Waals surface area (Å²) in [6.45, 7) is 1.33. The highest BCUT2D eigenvalue weighted by Gasteiger charge is 2.19. The number of rotatable bonds is 9. The van der Waals surface area contributed by atoms with Gasteiger partial charge in [0.15, 0.2) is 0 Å². The normalized spacial score (nSPS) is 15.3. The van der Waals surface area contributed by atoms with Gasteiger partial charge in [-0.2, -0.15) is 0 Å². The number of carbonyl (C=O) groups is 1. The third kappa shape index (κ3) is 5.84. The van der Waals surface area contributed by atoms with E-state index >= 15 is 0 Å². The smallest absolute Gasteiger partial charge is 0.252 e. The minimum Gasteiger partial charge on any atom is -0.497 e. The van der Waals surface area contributed by atoms with Crippen LogP contribution in [0.3, 0.4) is 0 Å². The molecule has 1 aliphatic heterocycles. The highest BCUT2D eigenvalue weighted by atomic mass is 16.5. The van der Waals surface area contributed by atoms with E-state index in [4.69, 9.17) is 18.9 Å². The molecule has 0 aliphatic carbocycles. The fourth-order valence-corrected chi connectivity index (χ4v) is 3.83. The predicted molar refractivity (Wildman–Crippen MR) is 126 cm³/mol. The molecule has 172 valence electrons. The molecule has 1 N–H and O–H groups in total. The van der Waals surface area contributed by atoms with Gasteiger partial charge in [-0.05, 0) is 72.5 Å². The molecular weight excluding hydrogens is 418 g/mol. The van der Waals surface area contributed by atoms with Crippen molar-refractivity contribution in [1.82, 2.24) is 5.32 Å². The zero-order valence-electron chi connectivity index (χ0n) is 19.0. The third-order valence-electron chi connectivity index (χ3n) is 5.75. The Hall–Kier alpha value is -3.51. The van der Waals surface area contributed by atoms with Crippen LogP contribution in [0.5, 0.6) is 17.2 Å². The molecule has 1 heterocycles. The van der Waals surface area contributed by atoms with Gasteiger partial charge in [-0.1, -0.05) is 24.3 Å². The largest absolute Gasteiger partial charge is 0.497 e. The first-order valence-electron chi connectivity index (χ1n) is 11.1. The van der Waals surface area contributed by atoms with Crippen LogP contribution in [0.2, 0.25) is 0 Å². The van der Waals surface area contributed by atoms with Crippen LogP contribution in [0.4, 0.5) is 0 Å². The van der Waals surface area contributed by atoms with Crippen LogP contribution >= 0.6 is 0 Å². The van der Waals surface area contributed by atoms with Gasteiger partial charge in [0.1, 0.15) is 23.9 Å². The Labute approximate surface area is 194 Å². The van der Waals surface area contributed by atoms with Gasteiger partial charge in [-0.3, -0.25) is 4.79 Å². The van der Waals surface area contributed by atoms with E-state index in [1.165, 1.54) is 0 Å². The first kappa shape index (κ1) is 22.7. The van der Waals surface area contributed by atoms with E-state index in [0.717, 1.165) is 47.8 Å². The van der Waals surface area contributed by atoms with Gasteiger partial charge < -0.3 is 24.3 Å². The Morgan fingerprint density at radius 3 is 1.91 bits per heavy atom. The summed E-state index contributed by atoms with van der Waals surface area (Å²) in [6.07, 6.45) is 2.26. The van der Waals surface area contributed by atoms with E-state index < -0.39 is 0 Å². The van der Waals surface area contributed by atoms with Crippen molar-refractivity contribution in [1.29, 1.82) is 0 Å². The van der Waals surface area contributed by atoms with Gasteiger partial charge in [0.05, 0.1) is 26.4 Å². The van der Waals surface area contributed by atoms with Crippen molar-refractivity contribution in [2.75, 3.05) is 27.4 Å². The van der Waals surface area contributed by atoms with E-state index in [1.807, 2.05) is 60.7 Å². The second kappa shape index (κ2) is 10.9. The molecule has 1 atom stereocenters. The summed E-state index contributed by atoms with van der Waals surface area (Å²) in [4.78, 5) is 13.1. The lowest BCUT2D eigenvalue weighted by Crippen LogP contribution is -2.29. The topological polar surface area (TPSA) is 66.0 Å². The van der Waals surface area contributed by atoms with Gasteiger partial charge in [0.2, 0.25) is 0 Å². The summed E-state index contributed by atoms with van der Waals surface area (Å²) < 4.78 is 21.9. The summed E-state index contributed by atoms with van der Waals surface area (Å²) in [7, 11) is 3.26. The highest BCUT2D eigenvalue weighted by Crippen LogP contribution is 2.26. The van der Waals surface area contributed by atoms with Crippen LogP contribution in [-0.2, 0) is 4.74 Å². The van der Waals surface area contributed by atoms with Crippen molar-refractivity contribution in [3.63, 3.8) is 0 Å². The van der Waals surface area contributed by atoms with E-state index in [9.17, 15) is 4.79 Å². The molecule has 0 saturated carbocycles. The molecule has 1 unspecified atom stereocenters. The maximum absolute atomic E-state index is 13.1. The first-order chi connectivity index (χ1) is 16.2. The molecule has 1 saturated heterocycles. The number of amides is 1. The number of carbonyl (C=O) groups excluding carboxylic acids is 1. The van der Waals surface area contributed by atoms with Gasteiger partial charge >= 0.3 is 0 Å². The monoisotopic (exact) mass is 447 g/mol. The van der Waals surface area contributed by atoms with Crippen LogP contribution in [0.15, 0.2) is 72.8 Å². The number of hydrogen-bond acceptors (Lipinski definition) is 5. The van der Waals surface area contributed by atoms with Gasteiger partial charge in [0.25, 0.3) is 5.91 Å². The van der Waals surface area contributed by atoms with Crippen molar-refractivity contribution >= 4 is 5.91 Å². The quantitative estimate of drug-likeness (QED) is 0.511. The van der Waals surface area contributed by atoms with E-state index in [0.29, 0.717) is 12.2 Å². The molecule has 33 heavy (non-hydrogen) atoms. The van der Waals surface area contributed by atoms with Crippen LogP contribution in [0.1, 0.15) is 40.4 Å². The van der Waals surface area contributed by atoms with Crippen molar-refractivity contribution in [3.05, 3.63) is 89.5 Å². The van der Waals surface area contributed by atoms with Crippen LogP contribution in [0, 0.1) is 0 Å². The Morgan fingerprint density at radius 1 is 0.879 bits per heavy atom. The molecule has 3 aromatic carbocycles. The van der Waals surface area contributed by atoms with Crippen LogP contribution in [-0.4, -0.2) is 39.4 Å². The van der Waals surface area contributed by atoms with E-state index in [2.05, 4.69) is 5.32 Å². The van der Waals surface area contributed by atoms with Gasteiger partial charge in [0, 0.05) is 12.2 Å². The lowest BCUT2D eigenvalue weighted by molar-refractivity contribution is 0.0679. The fraction of sp³-hybridized carbons (Fsp3) is 0.296. The zero-order chi connectivity index (χ0) is 23.0. The zero-order valence-corrected chi connectivity index (χ0v) is 19.0. The molecule has 4 rings (SSSR count). The minimum absolute atomic E-state index is 0.155. The lowest BCUT2D eigenvalue weighted by atomic mass is 9.98. The lowest BCUT2D eigenvalue weighted by Gasteiger charge is -2.21.